The Bertz CT molecular complexity index is 1140. The van der Waals surface area contributed by atoms with Crippen molar-refractivity contribution in [2.24, 2.45) is 0 Å². The summed E-state index contributed by atoms with van der Waals surface area (Å²) in [5.74, 6) is 1.72. The van der Waals surface area contributed by atoms with Crippen LogP contribution in [0.4, 0.5) is 5.82 Å². The summed E-state index contributed by atoms with van der Waals surface area (Å²) in [6, 6.07) is 19.9. The monoisotopic (exact) mass is 503 g/mol. The van der Waals surface area contributed by atoms with Crippen LogP contribution in [0.5, 0.6) is 0 Å². The first-order valence-corrected chi connectivity index (χ1v) is 13.7. The number of nitrogens with one attached hydrogen (secondary N) is 1. The molecule has 0 radical (unpaired) electrons. The van der Waals surface area contributed by atoms with Crippen molar-refractivity contribution in [1.82, 2.24) is 20.2 Å². The average molecular weight is 504 g/mol. The van der Waals surface area contributed by atoms with E-state index in [0.717, 1.165) is 66.3 Å². The van der Waals surface area contributed by atoms with Crippen molar-refractivity contribution < 1.29 is 4.79 Å². The largest absolute Gasteiger partial charge is 0.354 e. The predicted octanol–water partition coefficient (Wildman–Crippen LogP) is 5.14. The van der Waals surface area contributed by atoms with Gasteiger partial charge in [0, 0.05) is 55.5 Å². The van der Waals surface area contributed by atoms with Crippen molar-refractivity contribution in [2.45, 2.75) is 50.6 Å². The number of likely N-dealkylation sites (N-methyl/N-ethyl adjacent to an activating group) is 1. The van der Waals surface area contributed by atoms with Crippen molar-refractivity contribution in [3.05, 3.63) is 83.0 Å². The molecule has 0 unspecified atom stereocenters. The van der Waals surface area contributed by atoms with Crippen LogP contribution in [0.15, 0.2) is 65.8 Å². The van der Waals surface area contributed by atoms with Gasteiger partial charge in [-0.1, -0.05) is 81.9 Å². The third-order valence-electron chi connectivity index (χ3n) is 6.48. The highest BCUT2D eigenvalue weighted by molar-refractivity contribution is 7.98. The first-order valence-electron chi connectivity index (χ1n) is 12.7. The van der Waals surface area contributed by atoms with E-state index in [1.54, 1.807) is 11.8 Å². The highest BCUT2D eigenvalue weighted by Crippen LogP contribution is 2.29. The van der Waals surface area contributed by atoms with Gasteiger partial charge in [-0.05, 0) is 29.8 Å². The van der Waals surface area contributed by atoms with E-state index >= 15 is 0 Å². The molecule has 1 aromatic heterocycles. The Kier molecular flexibility index (Phi) is 8.64. The summed E-state index contributed by atoms with van der Waals surface area (Å²) in [4.78, 5) is 27.2. The van der Waals surface area contributed by atoms with Crippen LogP contribution in [0.2, 0.25) is 0 Å². The molecule has 0 bridgehead atoms. The number of hydrogen-bond acceptors (Lipinski definition) is 6. The van der Waals surface area contributed by atoms with Crippen LogP contribution >= 0.6 is 11.8 Å². The minimum atomic E-state index is -0.0629. The minimum absolute atomic E-state index is 0.0486. The zero-order chi connectivity index (χ0) is 25.5. The van der Waals surface area contributed by atoms with Gasteiger partial charge in [-0.15, -0.1) is 0 Å². The third kappa shape index (κ3) is 7.08. The van der Waals surface area contributed by atoms with Gasteiger partial charge in [0.2, 0.25) is 0 Å². The first-order chi connectivity index (χ1) is 17.3. The molecule has 6 nitrogen and oxygen atoms in total. The Morgan fingerprint density at radius 3 is 2.28 bits per heavy atom. The molecule has 2 aromatic carbocycles. The Morgan fingerprint density at radius 2 is 1.64 bits per heavy atom. The molecule has 190 valence electrons. The van der Waals surface area contributed by atoms with Crippen LogP contribution in [0.3, 0.4) is 0 Å². The number of carbonyl (C=O) groups excluding carboxylic acids is 1. The van der Waals surface area contributed by atoms with Gasteiger partial charge in [-0.25, -0.2) is 9.97 Å². The molecule has 0 spiro atoms. The molecule has 1 amide bonds. The maximum Gasteiger partial charge on any atom is 0.251 e. The Labute approximate surface area is 219 Å². The molecule has 1 saturated heterocycles. The number of benzene rings is 2. The zero-order valence-corrected chi connectivity index (χ0v) is 22.6. The fourth-order valence-electron chi connectivity index (χ4n) is 4.10. The van der Waals surface area contributed by atoms with Crippen LogP contribution in [-0.4, -0.2) is 53.5 Å². The van der Waals surface area contributed by atoms with Crippen molar-refractivity contribution in [3.63, 3.8) is 0 Å². The SMILES string of the molecule is CCN1CCN(c2cc(C(C)(C)C)nc(SCc3ccc(C(=O)NCc4ccccc4)cc3)n2)CC1. The van der Waals surface area contributed by atoms with Gasteiger partial charge in [0.1, 0.15) is 5.82 Å². The Balaban J connectivity index is 1.39. The predicted molar refractivity (Wildman–Crippen MR) is 149 cm³/mol. The Morgan fingerprint density at radius 1 is 0.944 bits per heavy atom. The van der Waals surface area contributed by atoms with E-state index in [4.69, 9.17) is 9.97 Å². The highest BCUT2D eigenvalue weighted by atomic mass is 32.2. The van der Waals surface area contributed by atoms with Gasteiger partial charge >= 0.3 is 0 Å². The number of nitrogens with zero attached hydrogens (tertiary/aromatic N) is 4. The summed E-state index contributed by atoms with van der Waals surface area (Å²) in [6.45, 7) is 14.6. The lowest BCUT2D eigenvalue weighted by molar-refractivity contribution is 0.0951. The van der Waals surface area contributed by atoms with E-state index in [1.165, 1.54) is 0 Å². The number of aromatic nitrogens is 2. The van der Waals surface area contributed by atoms with Crippen LogP contribution in [0.1, 0.15) is 54.9 Å². The quantitative estimate of drug-likeness (QED) is 0.339. The smallest absolute Gasteiger partial charge is 0.251 e. The molecule has 1 aliphatic rings. The lowest BCUT2D eigenvalue weighted by atomic mass is 9.92. The minimum Gasteiger partial charge on any atom is -0.354 e. The lowest BCUT2D eigenvalue weighted by Gasteiger charge is -2.35. The second kappa shape index (κ2) is 11.9. The van der Waals surface area contributed by atoms with E-state index in [1.807, 2.05) is 54.6 Å². The molecule has 1 N–H and O–H groups in total. The maximum atomic E-state index is 12.5. The van der Waals surface area contributed by atoms with E-state index in [0.29, 0.717) is 12.1 Å². The van der Waals surface area contributed by atoms with E-state index in [2.05, 4.69) is 48.9 Å². The van der Waals surface area contributed by atoms with E-state index < -0.39 is 0 Å². The summed E-state index contributed by atoms with van der Waals surface area (Å²) in [5, 5.41) is 3.79. The molecule has 1 aliphatic heterocycles. The number of piperazine rings is 1. The molecule has 3 aromatic rings. The van der Waals surface area contributed by atoms with E-state index in [9.17, 15) is 4.79 Å². The fourth-order valence-corrected chi connectivity index (χ4v) is 4.91. The van der Waals surface area contributed by atoms with Crippen LogP contribution in [0, 0.1) is 0 Å². The van der Waals surface area contributed by atoms with Crippen molar-refractivity contribution >= 4 is 23.5 Å². The molecule has 7 heteroatoms. The average Bonchev–Trinajstić information content (AvgIpc) is 2.91. The molecule has 4 rings (SSSR count). The van der Waals surface area contributed by atoms with Gasteiger partial charge in [-0.2, -0.15) is 0 Å². The normalized spacial score (nSPS) is 14.6. The topological polar surface area (TPSA) is 61.4 Å². The number of rotatable bonds is 8. The summed E-state index contributed by atoms with van der Waals surface area (Å²) in [7, 11) is 0. The van der Waals surface area contributed by atoms with Gasteiger partial charge in [0.05, 0.1) is 5.69 Å². The maximum absolute atomic E-state index is 12.5. The molecule has 0 saturated carbocycles. The van der Waals surface area contributed by atoms with Crippen molar-refractivity contribution in [2.75, 3.05) is 37.6 Å². The fraction of sp³-hybridized carbons (Fsp3) is 0.414. The van der Waals surface area contributed by atoms with Gasteiger partial charge in [-0.3, -0.25) is 4.79 Å². The van der Waals surface area contributed by atoms with Crippen LogP contribution < -0.4 is 10.2 Å². The molecule has 1 fully saturated rings. The molecule has 2 heterocycles. The van der Waals surface area contributed by atoms with Crippen LogP contribution in [0.25, 0.3) is 0 Å². The summed E-state index contributed by atoms with van der Waals surface area (Å²) in [6.07, 6.45) is 0. The third-order valence-corrected chi connectivity index (χ3v) is 7.40. The second-order valence-electron chi connectivity index (χ2n) is 10.2. The number of hydrogen-bond donors (Lipinski definition) is 1. The lowest BCUT2D eigenvalue weighted by Crippen LogP contribution is -2.46. The van der Waals surface area contributed by atoms with Crippen molar-refractivity contribution in [3.8, 4) is 0 Å². The van der Waals surface area contributed by atoms with Gasteiger partial charge < -0.3 is 15.1 Å². The number of carbonyl (C=O) groups is 1. The number of thioether (sulfide) groups is 1. The standard InChI is InChI=1S/C29H37N5OS/c1-5-33-15-17-34(18-16-33)26-19-25(29(2,3)4)31-28(32-26)36-21-23-11-13-24(14-12-23)27(35)30-20-22-9-7-6-8-10-22/h6-14,19H,5,15-18,20-21H2,1-4H3,(H,30,35). The Hall–Kier alpha value is -2.90. The molecule has 36 heavy (non-hydrogen) atoms. The zero-order valence-electron chi connectivity index (χ0n) is 21.8. The summed E-state index contributed by atoms with van der Waals surface area (Å²) >= 11 is 1.65. The van der Waals surface area contributed by atoms with Gasteiger partial charge in [0.15, 0.2) is 5.16 Å². The second-order valence-corrected chi connectivity index (χ2v) is 11.2. The molecule has 0 aliphatic carbocycles. The molecule has 0 atom stereocenters. The van der Waals surface area contributed by atoms with Gasteiger partial charge in [0.25, 0.3) is 5.91 Å². The molecular weight excluding hydrogens is 466 g/mol. The number of anilines is 1. The molecular formula is C29H37N5OS. The van der Waals surface area contributed by atoms with E-state index in [-0.39, 0.29) is 11.3 Å². The van der Waals surface area contributed by atoms with Crippen LogP contribution in [-0.2, 0) is 17.7 Å². The first kappa shape index (κ1) is 26.2. The summed E-state index contributed by atoms with van der Waals surface area (Å²) in [5.41, 5.74) is 3.91. The number of amides is 1. The highest BCUT2D eigenvalue weighted by Gasteiger charge is 2.22. The van der Waals surface area contributed by atoms with Crippen molar-refractivity contribution in [1.29, 1.82) is 0 Å². The summed E-state index contributed by atoms with van der Waals surface area (Å²) < 4.78 is 0.